The van der Waals surface area contributed by atoms with Crippen molar-refractivity contribution in [2.24, 2.45) is 0 Å². The molecule has 0 N–H and O–H groups in total. The average Bonchev–Trinajstić information content (AvgIpc) is 2.46. The Morgan fingerprint density at radius 2 is 1.21 bits per heavy atom. The summed E-state index contributed by atoms with van der Waals surface area (Å²) < 4.78 is 0. The Hall–Kier alpha value is -1.04. The van der Waals surface area contributed by atoms with E-state index in [-0.39, 0.29) is 0 Å². The second kappa shape index (κ2) is 12.0. The molecule has 0 spiro atoms. The molecule has 0 fully saturated rings. The smallest absolute Gasteiger partial charge is 0.0279 e. The van der Waals surface area contributed by atoms with Gasteiger partial charge in [0.2, 0.25) is 0 Å². The summed E-state index contributed by atoms with van der Waals surface area (Å²) in [6.07, 6.45) is 17.1. The fraction of sp³-hybridized carbons (Fsp3) is 0.579. The Balaban J connectivity index is 1.80. The molecule has 106 valence electrons. The first-order chi connectivity index (χ1) is 9.43. The third-order valence-corrected chi connectivity index (χ3v) is 3.72. The number of allylic oxidation sites excluding steroid dienone is 1. The van der Waals surface area contributed by atoms with Crippen LogP contribution < -0.4 is 0 Å². The standard InChI is InChI=1S/C19H30/c1-2-3-4-5-6-7-8-9-10-11-13-16-19-17-14-12-15-18-19/h2,12,14-15,17-18H,1,3-11,13,16H2. The summed E-state index contributed by atoms with van der Waals surface area (Å²) in [6.45, 7) is 3.76. The van der Waals surface area contributed by atoms with Crippen molar-refractivity contribution in [1.82, 2.24) is 0 Å². The van der Waals surface area contributed by atoms with Gasteiger partial charge in [-0.3, -0.25) is 0 Å². The Morgan fingerprint density at radius 3 is 1.79 bits per heavy atom. The van der Waals surface area contributed by atoms with Crippen LogP contribution in [0.15, 0.2) is 43.0 Å². The second-order valence-electron chi connectivity index (χ2n) is 5.49. The lowest BCUT2D eigenvalue weighted by Gasteiger charge is -2.03. The average molecular weight is 258 g/mol. The summed E-state index contributed by atoms with van der Waals surface area (Å²) in [5, 5.41) is 0. The van der Waals surface area contributed by atoms with Crippen LogP contribution in [0.2, 0.25) is 0 Å². The number of rotatable bonds is 12. The summed E-state index contributed by atoms with van der Waals surface area (Å²) in [5.41, 5.74) is 1.49. The van der Waals surface area contributed by atoms with Gasteiger partial charge in [-0.1, -0.05) is 81.4 Å². The van der Waals surface area contributed by atoms with Crippen LogP contribution in [0.3, 0.4) is 0 Å². The Morgan fingerprint density at radius 1 is 0.684 bits per heavy atom. The molecule has 0 radical (unpaired) electrons. The fourth-order valence-electron chi connectivity index (χ4n) is 2.50. The maximum atomic E-state index is 3.76. The van der Waals surface area contributed by atoms with E-state index in [1.54, 1.807) is 0 Å². The topological polar surface area (TPSA) is 0 Å². The van der Waals surface area contributed by atoms with Crippen molar-refractivity contribution in [3.8, 4) is 0 Å². The van der Waals surface area contributed by atoms with E-state index in [0.717, 1.165) is 0 Å². The Kier molecular flexibility index (Phi) is 10.1. The van der Waals surface area contributed by atoms with E-state index in [2.05, 4.69) is 36.9 Å². The van der Waals surface area contributed by atoms with Crippen LogP contribution in [0, 0.1) is 0 Å². The summed E-state index contributed by atoms with van der Waals surface area (Å²) in [7, 11) is 0. The minimum absolute atomic E-state index is 1.19. The van der Waals surface area contributed by atoms with Gasteiger partial charge in [0.05, 0.1) is 0 Å². The zero-order valence-electron chi connectivity index (χ0n) is 12.4. The number of hydrogen-bond donors (Lipinski definition) is 0. The van der Waals surface area contributed by atoms with Crippen LogP contribution in [0.4, 0.5) is 0 Å². The van der Waals surface area contributed by atoms with Gasteiger partial charge >= 0.3 is 0 Å². The highest BCUT2D eigenvalue weighted by Gasteiger charge is 1.94. The van der Waals surface area contributed by atoms with Crippen molar-refractivity contribution in [2.45, 2.75) is 70.6 Å². The van der Waals surface area contributed by atoms with Crippen molar-refractivity contribution in [1.29, 1.82) is 0 Å². The van der Waals surface area contributed by atoms with Gasteiger partial charge in [-0.15, -0.1) is 6.58 Å². The number of aryl methyl sites for hydroxylation is 1. The molecule has 0 aromatic heterocycles. The van der Waals surface area contributed by atoms with Gasteiger partial charge in [-0.05, 0) is 31.2 Å². The van der Waals surface area contributed by atoms with E-state index >= 15 is 0 Å². The zero-order chi connectivity index (χ0) is 13.6. The van der Waals surface area contributed by atoms with Crippen LogP contribution in [0.25, 0.3) is 0 Å². The summed E-state index contributed by atoms with van der Waals surface area (Å²) in [4.78, 5) is 0. The van der Waals surface area contributed by atoms with E-state index < -0.39 is 0 Å². The Labute approximate surface area is 119 Å². The maximum Gasteiger partial charge on any atom is -0.0279 e. The molecule has 0 saturated carbocycles. The molecule has 0 atom stereocenters. The molecule has 0 nitrogen and oxygen atoms in total. The number of unbranched alkanes of at least 4 members (excludes halogenated alkanes) is 9. The molecular weight excluding hydrogens is 228 g/mol. The van der Waals surface area contributed by atoms with Crippen LogP contribution in [0.5, 0.6) is 0 Å². The lowest BCUT2D eigenvalue weighted by molar-refractivity contribution is 0.560. The van der Waals surface area contributed by atoms with Crippen molar-refractivity contribution >= 4 is 0 Å². The third-order valence-electron chi connectivity index (χ3n) is 3.72. The molecule has 19 heavy (non-hydrogen) atoms. The Bertz CT molecular complexity index is 299. The van der Waals surface area contributed by atoms with Crippen LogP contribution in [-0.4, -0.2) is 0 Å². The van der Waals surface area contributed by atoms with Crippen LogP contribution >= 0.6 is 0 Å². The predicted molar refractivity (Wildman–Crippen MR) is 86.5 cm³/mol. The van der Waals surface area contributed by atoms with Gasteiger partial charge in [0.15, 0.2) is 0 Å². The van der Waals surface area contributed by atoms with Gasteiger partial charge in [-0.2, -0.15) is 0 Å². The molecule has 0 heterocycles. The van der Waals surface area contributed by atoms with Crippen molar-refractivity contribution in [3.05, 3.63) is 48.6 Å². The van der Waals surface area contributed by atoms with Crippen LogP contribution in [0.1, 0.15) is 69.8 Å². The molecule has 0 aliphatic carbocycles. The monoisotopic (exact) mass is 258 g/mol. The van der Waals surface area contributed by atoms with Gasteiger partial charge in [0.25, 0.3) is 0 Å². The van der Waals surface area contributed by atoms with E-state index in [4.69, 9.17) is 0 Å². The van der Waals surface area contributed by atoms with Gasteiger partial charge in [0, 0.05) is 0 Å². The van der Waals surface area contributed by atoms with Crippen LogP contribution in [-0.2, 0) is 6.42 Å². The molecule has 0 amide bonds. The SMILES string of the molecule is C=CCCCCCCCCCCCc1ccccc1. The number of hydrogen-bond acceptors (Lipinski definition) is 0. The van der Waals surface area contributed by atoms with E-state index in [9.17, 15) is 0 Å². The van der Waals surface area contributed by atoms with Crippen molar-refractivity contribution < 1.29 is 0 Å². The van der Waals surface area contributed by atoms with Gasteiger partial charge in [-0.25, -0.2) is 0 Å². The molecule has 1 aromatic carbocycles. The van der Waals surface area contributed by atoms with Gasteiger partial charge in [0.1, 0.15) is 0 Å². The number of benzene rings is 1. The summed E-state index contributed by atoms with van der Waals surface area (Å²) >= 11 is 0. The quantitative estimate of drug-likeness (QED) is 0.304. The molecule has 0 heteroatoms. The summed E-state index contributed by atoms with van der Waals surface area (Å²) in [6, 6.07) is 10.9. The van der Waals surface area contributed by atoms with E-state index in [1.807, 2.05) is 6.08 Å². The molecule has 1 rings (SSSR count). The molecule has 0 unspecified atom stereocenters. The molecule has 0 aliphatic heterocycles. The first-order valence-corrected chi connectivity index (χ1v) is 8.08. The molecule has 1 aromatic rings. The van der Waals surface area contributed by atoms with Crippen molar-refractivity contribution in [2.75, 3.05) is 0 Å². The zero-order valence-corrected chi connectivity index (χ0v) is 12.4. The minimum Gasteiger partial charge on any atom is -0.103 e. The molecule has 0 saturated heterocycles. The third kappa shape index (κ3) is 9.53. The summed E-state index contributed by atoms with van der Waals surface area (Å²) in [5.74, 6) is 0. The van der Waals surface area contributed by atoms with E-state index in [1.165, 1.54) is 76.2 Å². The molecule has 0 bridgehead atoms. The first-order valence-electron chi connectivity index (χ1n) is 8.08. The molecular formula is C19H30. The lowest BCUT2D eigenvalue weighted by atomic mass is 10.0. The predicted octanol–water partition coefficient (Wildman–Crippen LogP) is 6.32. The highest BCUT2D eigenvalue weighted by molar-refractivity contribution is 5.14. The second-order valence-corrected chi connectivity index (χ2v) is 5.49. The highest BCUT2D eigenvalue weighted by atomic mass is 14.0. The molecule has 0 aliphatic rings. The largest absolute Gasteiger partial charge is 0.103 e. The lowest BCUT2D eigenvalue weighted by Crippen LogP contribution is -1.86. The highest BCUT2D eigenvalue weighted by Crippen LogP contribution is 2.12. The first kappa shape index (κ1) is 16.0. The minimum atomic E-state index is 1.19. The normalized spacial score (nSPS) is 10.5. The maximum absolute atomic E-state index is 3.76. The van der Waals surface area contributed by atoms with E-state index in [0.29, 0.717) is 0 Å². The fourth-order valence-corrected chi connectivity index (χ4v) is 2.50. The van der Waals surface area contributed by atoms with Gasteiger partial charge < -0.3 is 0 Å². The van der Waals surface area contributed by atoms with Crippen molar-refractivity contribution in [3.63, 3.8) is 0 Å².